The topological polar surface area (TPSA) is 55.4 Å². The minimum absolute atomic E-state index is 0.00391. The first-order chi connectivity index (χ1) is 11.0. The second-order valence-corrected chi connectivity index (χ2v) is 6.88. The number of rotatable bonds is 7. The van der Waals surface area contributed by atoms with Gasteiger partial charge in [-0.15, -0.1) is 0 Å². The summed E-state index contributed by atoms with van der Waals surface area (Å²) in [6.07, 6.45) is 3.17. The molecule has 0 bridgehead atoms. The molecule has 4 nitrogen and oxygen atoms in total. The van der Waals surface area contributed by atoms with Gasteiger partial charge in [-0.25, -0.2) is 12.8 Å². The SMILES string of the molecule is CCCCc1ccc(NS(=O)(=O)c2ccc(OC)c(F)c2)cc1. The van der Waals surface area contributed by atoms with Crippen LogP contribution < -0.4 is 9.46 Å². The third-order valence-corrected chi connectivity index (χ3v) is 4.84. The molecule has 6 heteroatoms. The highest BCUT2D eigenvalue weighted by atomic mass is 32.2. The first-order valence-corrected chi connectivity index (χ1v) is 8.90. The van der Waals surface area contributed by atoms with Crippen LogP contribution in [0.25, 0.3) is 0 Å². The average molecular weight is 337 g/mol. The van der Waals surface area contributed by atoms with Crippen molar-refractivity contribution >= 4 is 15.7 Å². The largest absolute Gasteiger partial charge is 0.494 e. The lowest BCUT2D eigenvalue weighted by molar-refractivity contribution is 0.385. The molecule has 0 radical (unpaired) electrons. The molecule has 0 fully saturated rings. The predicted octanol–water partition coefficient (Wildman–Crippen LogP) is 3.98. The van der Waals surface area contributed by atoms with Gasteiger partial charge in [0, 0.05) is 5.69 Å². The van der Waals surface area contributed by atoms with Gasteiger partial charge in [-0.2, -0.15) is 0 Å². The molecule has 0 aliphatic carbocycles. The van der Waals surface area contributed by atoms with Crippen LogP contribution >= 0.6 is 0 Å². The van der Waals surface area contributed by atoms with Gasteiger partial charge in [-0.05, 0) is 48.7 Å². The number of nitrogens with one attached hydrogen (secondary N) is 1. The molecule has 1 N–H and O–H groups in total. The Morgan fingerprint density at radius 2 is 1.83 bits per heavy atom. The van der Waals surface area contributed by atoms with Crippen LogP contribution in [0.5, 0.6) is 5.75 Å². The van der Waals surface area contributed by atoms with Crippen LogP contribution in [0.15, 0.2) is 47.4 Å². The van der Waals surface area contributed by atoms with E-state index < -0.39 is 15.8 Å². The van der Waals surface area contributed by atoms with E-state index in [2.05, 4.69) is 11.6 Å². The summed E-state index contributed by atoms with van der Waals surface area (Å²) in [5.74, 6) is -0.713. The molecule has 0 atom stereocenters. The summed E-state index contributed by atoms with van der Waals surface area (Å²) >= 11 is 0. The number of anilines is 1. The number of halogens is 1. The van der Waals surface area contributed by atoms with Gasteiger partial charge in [-0.1, -0.05) is 25.5 Å². The lowest BCUT2D eigenvalue weighted by atomic mass is 10.1. The Labute approximate surface area is 136 Å². The number of aryl methyl sites for hydroxylation is 1. The summed E-state index contributed by atoms with van der Waals surface area (Å²) in [7, 11) is -2.51. The minimum Gasteiger partial charge on any atom is -0.494 e. The number of ether oxygens (including phenoxy) is 1. The van der Waals surface area contributed by atoms with Gasteiger partial charge in [0.1, 0.15) is 0 Å². The molecule has 0 aliphatic heterocycles. The predicted molar refractivity (Wildman–Crippen MR) is 88.8 cm³/mol. The second-order valence-electron chi connectivity index (χ2n) is 5.20. The molecule has 0 unspecified atom stereocenters. The molecule has 2 aromatic rings. The third kappa shape index (κ3) is 4.45. The highest BCUT2D eigenvalue weighted by molar-refractivity contribution is 7.92. The Morgan fingerprint density at radius 3 is 2.39 bits per heavy atom. The zero-order valence-corrected chi connectivity index (χ0v) is 14.0. The highest BCUT2D eigenvalue weighted by Crippen LogP contribution is 2.23. The van der Waals surface area contributed by atoms with Crippen molar-refractivity contribution in [3.63, 3.8) is 0 Å². The van der Waals surface area contributed by atoms with Crippen molar-refractivity contribution < 1.29 is 17.5 Å². The van der Waals surface area contributed by atoms with Crippen LogP contribution in [0, 0.1) is 5.82 Å². The van der Waals surface area contributed by atoms with E-state index in [1.165, 1.54) is 19.2 Å². The fourth-order valence-corrected chi connectivity index (χ4v) is 3.22. The van der Waals surface area contributed by atoms with Crippen molar-refractivity contribution in [3.8, 4) is 5.75 Å². The highest BCUT2D eigenvalue weighted by Gasteiger charge is 2.16. The van der Waals surface area contributed by atoms with E-state index in [0.717, 1.165) is 30.9 Å². The van der Waals surface area contributed by atoms with Crippen molar-refractivity contribution in [2.24, 2.45) is 0 Å². The lowest BCUT2D eigenvalue weighted by Gasteiger charge is -2.10. The normalized spacial score (nSPS) is 11.3. The second kappa shape index (κ2) is 7.46. The van der Waals surface area contributed by atoms with Crippen molar-refractivity contribution in [1.29, 1.82) is 0 Å². The molecule has 0 saturated heterocycles. The van der Waals surface area contributed by atoms with Crippen LogP contribution in [0.4, 0.5) is 10.1 Å². The first kappa shape index (κ1) is 17.3. The number of sulfonamides is 1. The lowest BCUT2D eigenvalue weighted by Crippen LogP contribution is -2.13. The molecular formula is C17H20FNO3S. The number of hydrogen-bond acceptors (Lipinski definition) is 3. The molecule has 0 saturated carbocycles. The maximum atomic E-state index is 13.7. The van der Waals surface area contributed by atoms with Crippen LogP contribution in [-0.2, 0) is 16.4 Å². The van der Waals surface area contributed by atoms with Crippen LogP contribution in [0.3, 0.4) is 0 Å². The van der Waals surface area contributed by atoms with Crippen molar-refractivity contribution in [2.45, 2.75) is 31.1 Å². The Morgan fingerprint density at radius 1 is 1.13 bits per heavy atom. The summed E-state index contributed by atoms with van der Waals surface area (Å²) in [6, 6.07) is 10.7. The molecule has 0 amide bonds. The number of benzene rings is 2. The number of methoxy groups -OCH3 is 1. The minimum atomic E-state index is -3.84. The van der Waals surface area contributed by atoms with Gasteiger partial charge in [-0.3, -0.25) is 4.72 Å². The molecule has 2 aromatic carbocycles. The summed E-state index contributed by atoms with van der Waals surface area (Å²) < 4.78 is 45.5. The van der Waals surface area contributed by atoms with E-state index in [-0.39, 0.29) is 10.6 Å². The van der Waals surface area contributed by atoms with E-state index in [1.807, 2.05) is 12.1 Å². The maximum absolute atomic E-state index is 13.7. The monoisotopic (exact) mass is 337 g/mol. The van der Waals surface area contributed by atoms with Gasteiger partial charge >= 0.3 is 0 Å². The fraction of sp³-hybridized carbons (Fsp3) is 0.294. The fourth-order valence-electron chi connectivity index (χ4n) is 2.15. The number of hydrogen-bond donors (Lipinski definition) is 1. The van der Waals surface area contributed by atoms with E-state index in [1.54, 1.807) is 12.1 Å². The summed E-state index contributed by atoms with van der Waals surface area (Å²) in [5.41, 5.74) is 1.60. The van der Waals surface area contributed by atoms with Crippen LogP contribution in [-0.4, -0.2) is 15.5 Å². The third-order valence-electron chi connectivity index (χ3n) is 3.46. The Balaban J connectivity index is 2.16. The van der Waals surface area contributed by atoms with E-state index >= 15 is 0 Å². The Kier molecular flexibility index (Phi) is 5.60. The van der Waals surface area contributed by atoms with Crippen LogP contribution in [0.1, 0.15) is 25.3 Å². The molecule has 2 rings (SSSR count). The van der Waals surface area contributed by atoms with Crippen molar-refractivity contribution in [3.05, 3.63) is 53.8 Å². The van der Waals surface area contributed by atoms with E-state index in [9.17, 15) is 12.8 Å². The van der Waals surface area contributed by atoms with E-state index in [0.29, 0.717) is 5.69 Å². The summed E-state index contributed by atoms with van der Waals surface area (Å²) in [4.78, 5) is -0.147. The maximum Gasteiger partial charge on any atom is 0.262 e. The molecule has 0 heterocycles. The van der Waals surface area contributed by atoms with Gasteiger partial charge in [0.25, 0.3) is 10.0 Å². The Hall–Kier alpha value is -2.08. The quantitative estimate of drug-likeness (QED) is 0.831. The van der Waals surface area contributed by atoms with Crippen molar-refractivity contribution in [2.75, 3.05) is 11.8 Å². The zero-order chi connectivity index (χ0) is 16.9. The average Bonchev–Trinajstić information content (AvgIpc) is 2.54. The summed E-state index contributed by atoms with van der Waals surface area (Å²) in [6.45, 7) is 2.12. The molecule has 0 spiro atoms. The Bertz CT molecular complexity index is 758. The van der Waals surface area contributed by atoms with Gasteiger partial charge in [0.2, 0.25) is 0 Å². The molecule has 124 valence electrons. The van der Waals surface area contributed by atoms with Gasteiger partial charge in [0.15, 0.2) is 11.6 Å². The van der Waals surface area contributed by atoms with E-state index in [4.69, 9.17) is 4.74 Å². The molecular weight excluding hydrogens is 317 g/mol. The molecule has 0 aromatic heterocycles. The van der Waals surface area contributed by atoms with Crippen LogP contribution in [0.2, 0.25) is 0 Å². The number of unbranched alkanes of at least 4 members (excludes halogenated alkanes) is 1. The molecule has 23 heavy (non-hydrogen) atoms. The zero-order valence-electron chi connectivity index (χ0n) is 13.2. The smallest absolute Gasteiger partial charge is 0.262 e. The summed E-state index contributed by atoms with van der Waals surface area (Å²) in [5, 5.41) is 0. The van der Waals surface area contributed by atoms with Gasteiger partial charge in [0.05, 0.1) is 12.0 Å². The molecule has 0 aliphatic rings. The van der Waals surface area contributed by atoms with Crippen molar-refractivity contribution in [1.82, 2.24) is 0 Å². The van der Waals surface area contributed by atoms with Gasteiger partial charge < -0.3 is 4.74 Å². The standard InChI is InChI=1S/C17H20FNO3S/c1-3-4-5-13-6-8-14(9-7-13)19-23(20,21)15-10-11-17(22-2)16(18)12-15/h6-12,19H,3-5H2,1-2H3. The first-order valence-electron chi connectivity index (χ1n) is 7.41.